The van der Waals surface area contributed by atoms with Crippen LogP contribution in [-0.2, 0) is 4.79 Å². The lowest BCUT2D eigenvalue weighted by Crippen LogP contribution is -2.12. The SMILES string of the molecule is CC(=O)Nc1ccc(NC2COc3cc(O)ccc32)cc1. The fourth-order valence-electron chi connectivity index (χ4n) is 2.37. The molecule has 21 heavy (non-hydrogen) atoms. The number of phenols is 1. The molecule has 0 aromatic heterocycles. The number of hydrogen-bond donors (Lipinski definition) is 3. The lowest BCUT2D eigenvalue weighted by atomic mass is 10.1. The molecule has 1 aliphatic rings. The van der Waals surface area contributed by atoms with Gasteiger partial charge in [-0.15, -0.1) is 0 Å². The van der Waals surface area contributed by atoms with Crippen LogP contribution < -0.4 is 15.4 Å². The second-order valence-electron chi connectivity index (χ2n) is 4.99. The number of aromatic hydroxyl groups is 1. The van der Waals surface area contributed by atoms with Crippen molar-refractivity contribution < 1.29 is 14.6 Å². The number of nitrogens with one attached hydrogen (secondary N) is 2. The van der Waals surface area contributed by atoms with Crippen LogP contribution in [0.5, 0.6) is 11.5 Å². The van der Waals surface area contributed by atoms with E-state index in [0.29, 0.717) is 12.4 Å². The van der Waals surface area contributed by atoms with Crippen molar-refractivity contribution in [2.45, 2.75) is 13.0 Å². The van der Waals surface area contributed by atoms with E-state index in [1.165, 1.54) is 6.92 Å². The summed E-state index contributed by atoms with van der Waals surface area (Å²) in [5.41, 5.74) is 2.73. The summed E-state index contributed by atoms with van der Waals surface area (Å²) in [6.07, 6.45) is 0. The van der Waals surface area contributed by atoms with E-state index >= 15 is 0 Å². The standard InChI is InChI=1S/C16H16N2O3/c1-10(19)17-11-2-4-12(5-3-11)18-15-9-21-16-8-13(20)6-7-14(15)16/h2-8,15,18,20H,9H2,1H3,(H,17,19). The minimum absolute atomic E-state index is 0.0483. The van der Waals surface area contributed by atoms with Crippen LogP contribution in [0, 0.1) is 0 Å². The molecule has 0 fully saturated rings. The van der Waals surface area contributed by atoms with E-state index < -0.39 is 0 Å². The quantitative estimate of drug-likeness (QED) is 0.810. The van der Waals surface area contributed by atoms with Crippen LogP contribution >= 0.6 is 0 Å². The fourth-order valence-corrected chi connectivity index (χ4v) is 2.37. The summed E-state index contributed by atoms with van der Waals surface area (Å²) >= 11 is 0. The first-order valence-corrected chi connectivity index (χ1v) is 6.72. The first-order chi connectivity index (χ1) is 10.1. The third-order valence-electron chi connectivity index (χ3n) is 3.32. The summed E-state index contributed by atoms with van der Waals surface area (Å²) < 4.78 is 5.56. The zero-order chi connectivity index (χ0) is 14.8. The Morgan fingerprint density at radius 1 is 1.19 bits per heavy atom. The summed E-state index contributed by atoms with van der Waals surface area (Å²) in [4.78, 5) is 11.0. The Kier molecular flexibility index (Phi) is 3.39. The highest BCUT2D eigenvalue weighted by Crippen LogP contribution is 2.36. The number of fused-ring (bicyclic) bond motifs is 1. The van der Waals surface area contributed by atoms with Crippen LogP contribution in [0.3, 0.4) is 0 Å². The molecule has 0 saturated carbocycles. The van der Waals surface area contributed by atoms with Gasteiger partial charge in [-0.2, -0.15) is 0 Å². The van der Waals surface area contributed by atoms with E-state index in [1.54, 1.807) is 12.1 Å². The molecule has 5 nitrogen and oxygen atoms in total. The van der Waals surface area contributed by atoms with Crippen molar-refractivity contribution in [1.82, 2.24) is 0 Å². The minimum atomic E-state index is -0.0892. The number of ether oxygens (including phenoxy) is 1. The highest BCUT2D eigenvalue weighted by Gasteiger charge is 2.24. The highest BCUT2D eigenvalue weighted by molar-refractivity contribution is 5.88. The number of anilines is 2. The molecule has 108 valence electrons. The fraction of sp³-hybridized carbons (Fsp3) is 0.188. The molecule has 0 saturated heterocycles. The number of rotatable bonds is 3. The molecule has 0 aliphatic carbocycles. The van der Waals surface area contributed by atoms with Crippen LogP contribution in [-0.4, -0.2) is 17.6 Å². The number of carbonyl (C=O) groups excluding carboxylic acids is 1. The van der Waals surface area contributed by atoms with Crippen molar-refractivity contribution in [2.75, 3.05) is 17.2 Å². The number of amides is 1. The second-order valence-corrected chi connectivity index (χ2v) is 4.99. The molecule has 1 atom stereocenters. The lowest BCUT2D eigenvalue weighted by Gasteiger charge is -2.13. The maximum atomic E-state index is 11.0. The largest absolute Gasteiger partial charge is 0.508 e. The summed E-state index contributed by atoms with van der Waals surface area (Å²) in [6.45, 7) is 2.00. The van der Waals surface area contributed by atoms with Crippen LogP contribution in [0.15, 0.2) is 42.5 Å². The third-order valence-corrected chi connectivity index (χ3v) is 3.32. The Balaban J connectivity index is 1.72. The van der Waals surface area contributed by atoms with E-state index in [2.05, 4.69) is 10.6 Å². The molecule has 2 aromatic carbocycles. The van der Waals surface area contributed by atoms with Gasteiger partial charge in [-0.25, -0.2) is 0 Å². The highest BCUT2D eigenvalue weighted by atomic mass is 16.5. The van der Waals surface area contributed by atoms with E-state index in [9.17, 15) is 9.90 Å². The average Bonchev–Trinajstić information content (AvgIpc) is 2.83. The number of phenolic OH excluding ortho intramolecular Hbond substituents is 1. The first-order valence-electron chi connectivity index (χ1n) is 6.72. The molecular formula is C16H16N2O3. The van der Waals surface area contributed by atoms with E-state index in [0.717, 1.165) is 16.9 Å². The van der Waals surface area contributed by atoms with Gasteiger partial charge in [0.1, 0.15) is 18.1 Å². The van der Waals surface area contributed by atoms with Gasteiger partial charge in [-0.3, -0.25) is 4.79 Å². The monoisotopic (exact) mass is 284 g/mol. The molecule has 0 spiro atoms. The zero-order valence-electron chi connectivity index (χ0n) is 11.6. The van der Waals surface area contributed by atoms with Crippen LogP contribution in [0.25, 0.3) is 0 Å². The Hall–Kier alpha value is -2.69. The van der Waals surface area contributed by atoms with Crippen LogP contribution in [0.4, 0.5) is 11.4 Å². The van der Waals surface area contributed by atoms with Crippen molar-refractivity contribution in [3.63, 3.8) is 0 Å². The van der Waals surface area contributed by atoms with Crippen molar-refractivity contribution >= 4 is 17.3 Å². The van der Waals surface area contributed by atoms with Gasteiger partial charge < -0.3 is 20.5 Å². The van der Waals surface area contributed by atoms with Gasteiger partial charge in [0, 0.05) is 29.9 Å². The Morgan fingerprint density at radius 3 is 2.62 bits per heavy atom. The summed E-state index contributed by atoms with van der Waals surface area (Å²) in [5.74, 6) is 0.824. The van der Waals surface area contributed by atoms with Crippen molar-refractivity contribution in [1.29, 1.82) is 0 Å². The van der Waals surface area contributed by atoms with Gasteiger partial charge in [0.15, 0.2) is 0 Å². The summed E-state index contributed by atoms with van der Waals surface area (Å²) in [5, 5.41) is 15.5. The molecule has 1 heterocycles. The normalized spacial score (nSPS) is 16.0. The molecule has 0 radical (unpaired) electrons. The molecular weight excluding hydrogens is 268 g/mol. The van der Waals surface area contributed by atoms with Gasteiger partial charge in [0.2, 0.25) is 5.91 Å². The zero-order valence-corrected chi connectivity index (χ0v) is 11.6. The van der Waals surface area contributed by atoms with Gasteiger partial charge in [-0.05, 0) is 36.4 Å². The van der Waals surface area contributed by atoms with Crippen LogP contribution in [0.2, 0.25) is 0 Å². The van der Waals surface area contributed by atoms with Crippen molar-refractivity contribution in [3.8, 4) is 11.5 Å². The smallest absolute Gasteiger partial charge is 0.221 e. The van der Waals surface area contributed by atoms with Crippen molar-refractivity contribution in [2.24, 2.45) is 0 Å². The van der Waals surface area contributed by atoms with Gasteiger partial charge in [0.25, 0.3) is 0 Å². The van der Waals surface area contributed by atoms with E-state index in [-0.39, 0.29) is 17.7 Å². The molecule has 0 bridgehead atoms. The van der Waals surface area contributed by atoms with Crippen LogP contribution in [0.1, 0.15) is 18.5 Å². The molecule has 2 aromatic rings. The number of benzene rings is 2. The van der Waals surface area contributed by atoms with E-state index in [4.69, 9.17) is 4.74 Å². The molecule has 1 unspecified atom stereocenters. The predicted octanol–water partition coefficient (Wildman–Crippen LogP) is 2.90. The van der Waals surface area contributed by atoms with E-state index in [1.807, 2.05) is 30.3 Å². The maximum absolute atomic E-state index is 11.0. The molecule has 3 rings (SSSR count). The first kappa shape index (κ1) is 13.3. The van der Waals surface area contributed by atoms with Gasteiger partial charge in [0.05, 0.1) is 6.04 Å². The topological polar surface area (TPSA) is 70.6 Å². The Bertz CT molecular complexity index is 668. The predicted molar refractivity (Wildman–Crippen MR) is 80.7 cm³/mol. The minimum Gasteiger partial charge on any atom is -0.508 e. The van der Waals surface area contributed by atoms with Crippen molar-refractivity contribution in [3.05, 3.63) is 48.0 Å². The Labute approximate surface area is 122 Å². The average molecular weight is 284 g/mol. The lowest BCUT2D eigenvalue weighted by molar-refractivity contribution is -0.114. The van der Waals surface area contributed by atoms with Gasteiger partial charge >= 0.3 is 0 Å². The molecule has 1 amide bonds. The van der Waals surface area contributed by atoms with Gasteiger partial charge in [-0.1, -0.05) is 0 Å². The molecule has 3 N–H and O–H groups in total. The third kappa shape index (κ3) is 2.91. The summed E-state index contributed by atoms with van der Waals surface area (Å²) in [6, 6.07) is 12.7. The second kappa shape index (κ2) is 5.36. The maximum Gasteiger partial charge on any atom is 0.221 e. The number of hydrogen-bond acceptors (Lipinski definition) is 4. The number of carbonyl (C=O) groups is 1. The Morgan fingerprint density at radius 2 is 1.90 bits per heavy atom. The molecule has 5 heteroatoms. The molecule has 1 aliphatic heterocycles. The summed E-state index contributed by atoms with van der Waals surface area (Å²) in [7, 11) is 0.